The van der Waals surface area contributed by atoms with E-state index >= 15 is 0 Å². The van der Waals surface area contributed by atoms with Crippen molar-refractivity contribution in [2.75, 3.05) is 25.0 Å². The molecule has 0 radical (unpaired) electrons. The summed E-state index contributed by atoms with van der Waals surface area (Å²) in [6.45, 7) is -0.732. The number of amides is 2. The zero-order valence-corrected chi connectivity index (χ0v) is 17.0. The Kier molecular flexibility index (Phi) is 5.24. The highest BCUT2D eigenvalue weighted by atomic mass is 19.4. The molecule has 1 atom stereocenters. The quantitative estimate of drug-likeness (QED) is 0.707. The Morgan fingerprint density at radius 1 is 1.29 bits per heavy atom. The molecule has 3 aliphatic rings. The van der Waals surface area contributed by atoms with Crippen molar-refractivity contribution >= 4 is 17.6 Å². The number of halogens is 3. The van der Waals surface area contributed by atoms with Gasteiger partial charge >= 0.3 is 6.18 Å². The Morgan fingerprint density at radius 3 is 2.45 bits per heavy atom. The lowest BCUT2D eigenvalue weighted by molar-refractivity contribution is -0.150. The summed E-state index contributed by atoms with van der Waals surface area (Å²) in [5.41, 5.74) is 4.76. The Labute approximate surface area is 177 Å². The van der Waals surface area contributed by atoms with Crippen LogP contribution in [-0.4, -0.2) is 52.3 Å². The maximum absolute atomic E-state index is 12.7. The number of nitriles is 1. The lowest BCUT2D eigenvalue weighted by Crippen LogP contribution is -2.48. The second kappa shape index (κ2) is 7.51. The van der Waals surface area contributed by atoms with E-state index in [9.17, 15) is 28.0 Å². The van der Waals surface area contributed by atoms with Gasteiger partial charge < -0.3 is 11.1 Å². The third kappa shape index (κ3) is 4.13. The zero-order valence-electron chi connectivity index (χ0n) is 17.0. The topological polar surface area (TPSA) is 117 Å². The molecule has 2 aliphatic carbocycles. The molecule has 1 aromatic rings. The first-order valence-corrected chi connectivity index (χ1v) is 10.4. The Morgan fingerprint density at radius 2 is 1.97 bits per heavy atom. The van der Waals surface area contributed by atoms with Crippen molar-refractivity contribution in [2.45, 2.75) is 56.7 Å². The largest absolute Gasteiger partial charge is 0.401 e. The number of carbonyl (C=O) groups excluding carboxylic acids is 2. The molecule has 1 aliphatic heterocycles. The maximum Gasteiger partial charge on any atom is 0.401 e. The van der Waals surface area contributed by atoms with E-state index in [1.165, 1.54) is 15.8 Å². The van der Waals surface area contributed by atoms with Gasteiger partial charge in [0.15, 0.2) is 5.82 Å². The van der Waals surface area contributed by atoms with Crippen molar-refractivity contribution in [1.82, 2.24) is 14.7 Å². The molecule has 0 unspecified atom stereocenters. The summed E-state index contributed by atoms with van der Waals surface area (Å²) in [7, 11) is 0. The highest BCUT2D eigenvalue weighted by Crippen LogP contribution is 2.65. The average molecular weight is 438 g/mol. The Hall–Kier alpha value is -2.61. The van der Waals surface area contributed by atoms with Gasteiger partial charge in [-0.1, -0.05) is 6.42 Å². The molecule has 1 spiro atoms. The van der Waals surface area contributed by atoms with Gasteiger partial charge in [0.05, 0.1) is 24.6 Å². The lowest BCUT2D eigenvalue weighted by atomic mass is 9.80. The molecule has 11 heteroatoms. The summed E-state index contributed by atoms with van der Waals surface area (Å²) >= 11 is 0. The number of likely N-dealkylation sites (tertiary alicyclic amines) is 1. The molecule has 1 aromatic heterocycles. The van der Waals surface area contributed by atoms with Gasteiger partial charge in [-0.05, 0) is 37.5 Å². The third-order valence-electron chi connectivity index (χ3n) is 7.16. The Bertz CT molecular complexity index is 922. The summed E-state index contributed by atoms with van der Waals surface area (Å²) in [5, 5.41) is 16.5. The molecule has 2 heterocycles. The van der Waals surface area contributed by atoms with Crippen molar-refractivity contribution < 1.29 is 22.8 Å². The number of alkyl halides is 3. The number of anilines is 1. The molecule has 31 heavy (non-hydrogen) atoms. The van der Waals surface area contributed by atoms with Crippen molar-refractivity contribution in [3.05, 3.63) is 11.8 Å². The van der Waals surface area contributed by atoms with Gasteiger partial charge in [0.25, 0.3) is 5.91 Å². The van der Waals surface area contributed by atoms with Crippen LogP contribution in [0, 0.1) is 22.7 Å². The summed E-state index contributed by atoms with van der Waals surface area (Å²) in [4.78, 5) is 25.9. The van der Waals surface area contributed by atoms with E-state index in [2.05, 4.69) is 16.5 Å². The standard InChI is InChI=1S/C20H25F3N6O2/c21-20(22,23)12-28-8-5-19(4-7-24,6-9-28)29-11-13(15(25)30)16(27-29)26-17(31)14-10-18(14)2-1-3-18/h11,14H,1-6,8-10,12H2,(H2,25,30)(H,26,27,31)/t14-/m1/s1. The number of aromatic nitrogens is 2. The number of hydrogen-bond acceptors (Lipinski definition) is 5. The molecular formula is C20H25F3N6O2. The summed E-state index contributed by atoms with van der Waals surface area (Å²) in [6.07, 6.45) is 1.66. The van der Waals surface area contributed by atoms with Crippen LogP contribution >= 0.6 is 0 Å². The molecule has 2 saturated carbocycles. The van der Waals surface area contributed by atoms with Crippen LogP contribution in [0.5, 0.6) is 0 Å². The van der Waals surface area contributed by atoms with Crippen LogP contribution in [0.15, 0.2) is 6.20 Å². The number of rotatable bonds is 6. The van der Waals surface area contributed by atoms with Crippen LogP contribution in [0.3, 0.4) is 0 Å². The van der Waals surface area contributed by atoms with Crippen LogP contribution in [0.2, 0.25) is 0 Å². The fourth-order valence-corrected chi connectivity index (χ4v) is 5.01. The maximum atomic E-state index is 12.7. The number of nitrogens with zero attached hydrogens (tertiary/aromatic N) is 4. The van der Waals surface area contributed by atoms with Crippen LogP contribution in [-0.2, 0) is 10.3 Å². The number of nitrogens with two attached hydrogens (primary N) is 1. The van der Waals surface area contributed by atoms with Crippen LogP contribution in [0.1, 0.15) is 55.3 Å². The fourth-order valence-electron chi connectivity index (χ4n) is 5.01. The third-order valence-corrected chi connectivity index (χ3v) is 7.16. The number of hydrogen-bond donors (Lipinski definition) is 2. The smallest absolute Gasteiger partial charge is 0.365 e. The van der Waals surface area contributed by atoms with E-state index in [1.807, 2.05) is 0 Å². The number of nitrogens with one attached hydrogen (secondary N) is 1. The fraction of sp³-hybridized carbons (Fsp3) is 0.700. The molecular weight excluding hydrogens is 413 g/mol. The summed E-state index contributed by atoms with van der Waals surface area (Å²) < 4.78 is 39.6. The van der Waals surface area contributed by atoms with E-state index in [4.69, 9.17) is 5.73 Å². The van der Waals surface area contributed by atoms with Crippen molar-refractivity contribution in [3.63, 3.8) is 0 Å². The van der Waals surface area contributed by atoms with E-state index in [0.29, 0.717) is 0 Å². The van der Waals surface area contributed by atoms with Gasteiger partial charge in [0.1, 0.15) is 5.56 Å². The molecule has 168 valence electrons. The highest BCUT2D eigenvalue weighted by Gasteiger charge is 2.61. The normalized spacial score (nSPS) is 24.3. The van der Waals surface area contributed by atoms with Gasteiger partial charge in [-0.25, -0.2) is 0 Å². The summed E-state index contributed by atoms with van der Waals surface area (Å²) in [5.74, 6) is -1.00. The Balaban J connectivity index is 1.53. The van der Waals surface area contributed by atoms with Gasteiger partial charge in [0.2, 0.25) is 5.91 Å². The second-order valence-corrected chi connectivity index (χ2v) is 9.11. The van der Waals surface area contributed by atoms with Crippen LogP contribution in [0.4, 0.5) is 19.0 Å². The first-order valence-electron chi connectivity index (χ1n) is 10.4. The van der Waals surface area contributed by atoms with Crippen molar-refractivity contribution in [1.29, 1.82) is 5.26 Å². The molecule has 1 saturated heterocycles. The van der Waals surface area contributed by atoms with Gasteiger partial charge in [-0.15, -0.1) is 0 Å². The van der Waals surface area contributed by atoms with Gasteiger partial charge in [-0.3, -0.25) is 19.2 Å². The highest BCUT2D eigenvalue weighted by molar-refractivity contribution is 6.03. The molecule has 0 aromatic carbocycles. The first-order chi connectivity index (χ1) is 14.6. The van der Waals surface area contributed by atoms with Gasteiger partial charge in [0, 0.05) is 25.2 Å². The monoisotopic (exact) mass is 438 g/mol. The summed E-state index contributed by atoms with van der Waals surface area (Å²) in [6, 6.07) is 2.09. The molecule has 8 nitrogen and oxygen atoms in total. The van der Waals surface area contributed by atoms with Crippen molar-refractivity contribution in [2.24, 2.45) is 17.1 Å². The molecule has 2 amide bonds. The molecule has 3 N–H and O–H groups in total. The van der Waals surface area contributed by atoms with Crippen LogP contribution < -0.4 is 11.1 Å². The molecule has 0 bridgehead atoms. The first kappa shape index (κ1) is 21.6. The molecule has 4 rings (SSSR count). The van der Waals surface area contributed by atoms with Crippen molar-refractivity contribution in [3.8, 4) is 6.07 Å². The zero-order chi connectivity index (χ0) is 22.4. The van der Waals surface area contributed by atoms with E-state index in [0.717, 1.165) is 25.7 Å². The predicted molar refractivity (Wildman–Crippen MR) is 104 cm³/mol. The number of carbonyl (C=O) groups is 2. The lowest BCUT2D eigenvalue weighted by Gasteiger charge is -2.40. The minimum absolute atomic E-state index is 0.0197. The average Bonchev–Trinajstić information content (AvgIpc) is 3.30. The predicted octanol–water partition coefficient (Wildman–Crippen LogP) is 2.38. The number of primary amides is 1. The second-order valence-electron chi connectivity index (χ2n) is 9.11. The van der Waals surface area contributed by atoms with Crippen LogP contribution in [0.25, 0.3) is 0 Å². The number of piperidine rings is 1. The van der Waals surface area contributed by atoms with E-state index in [-0.39, 0.29) is 61.0 Å². The van der Waals surface area contributed by atoms with E-state index in [1.54, 1.807) is 0 Å². The SMILES string of the molecule is N#CCC1(n2cc(C(N)=O)c(NC(=O)[C@H]3CC34CCC4)n2)CCN(CC(F)(F)F)CC1. The van der Waals surface area contributed by atoms with Gasteiger partial charge in [-0.2, -0.15) is 23.5 Å². The minimum atomic E-state index is -4.29. The molecule has 3 fully saturated rings. The minimum Gasteiger partial charge on any atom is -0.365 e. The van der Waals surface area contributed by atoms with E-state index < -0.39 is 24.2 Å².